The van der Waals surface area contributed by atoms with Gasteiger partial charge in [0.1, 0.15) is 12.4 Å². The maximum Gasteiger partial charge on any atom is 0.123 e. The van der Waals surface area contributed by atoms with Crippen molar-refractivity contribution >= 4 is 0 Å². The molecule has 0 fully saturated rings. The van der Waals surface area contributed by atoms with Crippen molar-refractivity contribution in [2.75, 3.05) is 6.61 Å². The van der Waals surface area contributed by atoms with Crippen molar-refractivity contribution in [1.29, 1.82) is 0 Å². The monoisotopic (exact) mass is 215 g/mol. The van der Waals surface area contributed by atoms with Crippen LogP contribution in [0.2, 0.25) is 0 Å². The summed E-state index contributed by atoms with van der Waals surface area (Å²) in [5.41, 5.74) is 9.05. The standard InChI is InChI=1S/C12H13N3O/c1-3-10-9-6-4-5-7-11(9)16-8-12(10,2)14-15-13/h3-7,10H,1,8H2,2H3/t10-,12+/m0/s1. The van der Waals surface area contributed by atoms with Gasteiger partial charge < -0.3 is 4.74 Å². The summed E-state index contributed by atoms with van der Waals surface area (Å²) in [5, 5.41) is 3.85. The summed E-state index contributed by atoms with van der Waals surface area (Å²) in [6.07, 6.45) is 1.82. The Bertz CT molecular complexity index is 465. The third kappa shape index (κ3) is 1.53. The molecule has 1 aromatic rings. The highest BCUT2D eigenvalue weighted by atomic mass is 16.5. The van der Waals surface area contributed by atoms with Crippen LogP contribution in [-0.2, 0) is 0 Å². The van der Waals surface area contributed by atoms with Crippen LogP contribution in [0.25, 0.3) is 10.4 Å². The minimum absolute atomic E-state index is 0.00616. The maximum atomic E-state index is 8.61. The predicted octanol–water partition coefficient (Wildman–Crippen LogP) is 3.42. The molecule has 82 valence electrons. The first-order chi connectivity index (χ1) is 7.71. The van der Waals surface area contributed by atoms with Gasteiger partial charge >= 0.3 is 0 Å². The number of benzene rings is 1. The Morgan fingerprint density at radius 3 is 3.06 bits per heavy atom. The zero-order valence-electron chi connectivity index (χ0n) is 9.13. The SMILES string of the molecule is C=C[C@H]1c2ccccc2OC[C@@]1(C)N=[N+]=[N-]. The first-order valence-corrected chi connectivity index (χ1v) is 5.12. The molecule has 1 heterocycles. The molecule has 0 saturated heterocycles. The van der Waals surface area contributed by atoms with Crippen LogP contribution < -0.4 is 4.74 Å². The highest BCUT2D eigenvalue weighted by Gasteiger charge is 2.38. The van der Waals surface area contributed by atoms with Crippen molar-refractivity contribution in [2.24, 2.45) is 5.11 Å². The average Bonchev–Trinajstić information content (AvgIpc) is 2.29. The predicted molar refractivity (Wildman–Crippen MR) is 62.4 cm³/mol. The van der Waals surface area contributed by atoms with Crippen molar-refractivity contribution in [3.8, 4) is 5.75 Å². The first-order valence-electron chi connectivity index (χ1n) is 5.12. The molecule has 0 amide bonds. The lowest BCUT2D eigenvalue weighted by molar-refractivity contribution is 0.189. The second-order valence-electron chi connectivity index (χ2n) is 4.09. The van der Waals surface area contributed by atoms with Crippen molar-refractivity contribution in [3.05, 3.63) is 52.9 Å². The third-order valence-electron chi connectivity index (χ3n) is 2.95. The van der Waals surface area contributed by atoms with E-state index in [1.807, 2.05) is 37.3 Å². The second-order valence-corrected chi connectivity index (χ2v) is 4.09. The summed E-state index contributed by atoms with van der Waals surface area (Å²) in [6.45, 7) is 6.09. The third-order valence-corrected chi connectivity index (χ3v) is 2.95. The highest BCUT2D eigenvalue weighted by molar-refractivity contribution is 5.43. The number of hydrogen-bond acceptors (Lipinski definition) is 2. The molecule has 1 aliphatic rings. The summed E-state index contributed by atoms with van der Waals surface area (Å²) < 4.78 is 5.61. The number of fused-ring (bicyclic) bond motifs is 1. The molecule has 0 radical (unpaired) electrons. The van der Waals surface area contributed by atoms with E-state index in [9.17, 15) is 0 Å². The number of rotatable bonds is 2. The molecule has 0 spiro atoms. The molecule has 0 bridgehead atoms. The summed E-state index contributed by atoms with van der Waals surface area (Å²) in [6, 6.07) is 7.77. The van der Waals surface area contributed by atoms with Gasteiger partial charge in [0.2, 0.25) is 0 Å². The van der Waals surface area contributed by atoms with Gasteiger partial charge in [-0.1, -0.05) is 29.4 Å². The van der Waals surface area contributed by atoms with Gasteiger partial charge in [-0.3, -0.25) is 0 Å². The molecule has 1 aliphatic heterocycles. The van der Waals surface area contributed by atoms with E-state index in [2.05, 4.69) is 16.6 Å². The van der Waals surface area contributed by atoms with E-state index >= 15 is 0 Å². The minimum Gasteiger partial charge on any atom is -0.493 e. The highest BCUT2D eigenvalue weighted by Crippen LogP contribution is 2.41. The van der Waals surface area contributed by atoms with Gasteiger partial charge in [-0.25, -0.2) is 0 Å². The van der Waals surface area contributed by atoms with Crippen LogP contribution in [0.1, 0.15) is 18.4 Å². The molecule has 16 heavy (non-hydrogen) atoms. The van der Waals surface area contributed by atoms with Crippen molar-refractivity contribution in [1.82, 2.24) is 0 Å². The summed E-state index contributed by atoms with van der Waals surface area (Å²) in [5.74, 6) is 0.839. The van der Waals surface area contributed by atoms with Crippen molar-refractivity contribution in [3.63, 3.8) is 0 Å². The molecule has 4 nitrogen and oxygen atoms in total. The second kappa shape index (κ2) is 3.91. The van der Waals surface area contributed by atoms with Crippen LogP contribution in [0.3, 0.4) is 0 Å². The van der Waals surface area contributed by atoms with Gasteiger partial charge in [-0.15, -0.1) is 6.58 Å². The van der Waals surface area contributed by atoms with Crippen LogP contribution in [-0.4, -0.2) is 12.1 Å². The fraction of sp³-hybridized carbons (Fsp3) is 0.333. The molecular formula is C12H13N3O. The minimum atomic E-state index is -0.592. The lowest BCUT2D eigenvalue weighted by Gasteiger charge is -2.37. The van der Waals surface area contributed by atoms with E-state index in [0.29, 0.717) is 6.61 Å². The van der Waals surface area contributed by atoms with Gasteiger partial charge in [-0.05, 0) is 18.5 Å². The van der Waals surface area contributed by atoms with E-state index in [0.717, 1.165) is 11.3 Å². The fourth-order valence-electron chi connectivity index (χ4n) is 2.09. The van der Waals surface area contributed by atoms with Crippen LogP contribution in [0.15, 0.2) is 42.0 Å². The molecule has 2 rings (SSSR count). The molecule has 0 aliphatic carbocycles. The topological polar surface area (TPSA) is 58.0 Å². The Morgan fingerprint density at radius 2 is 2.38 bits per heavy atom. The van der Waals surface area contributed by atoms with Gasteiger partial charge in [0, 0.05) is 16.4 Å². The van der Waals surface area contributed by atoms with Crippen LogP contribution in [0.5, 0.6) is 5.75 Å². The smallest absolute Gasteiger partial charge is 0.123 e. The van der Waals surface area contributed by atoms with Gasteiger partial charge in [0.05, 0.1) is 5.54 Å². The summed E-state index contributed by atoms with van der Waals surface area (Å²) in [4.78, 5) is 2.90. The van der Waals surface area contributed by atoms with Crippen molar-refractivity contribution < 1.29 is 4.74 Å². The first kappa shape index (κ1) is 10.6. The molecular weight excluding hydrogens is 202 g/mol. The zero-order chi connectivity index (χ0) is 11.6. The molecule has 4 heteroatoms. The number of ether oxygens (including phenoxy) is 1. The quantitative estimate of drug-likeness (QED) is 0.323. The molecule has 1 aromatic carbocycles. The zero-order valence-corrected chi connectivity index (χ0v) is 9.13. The van der Waals surface area contributed by atoms with Crippen molar-refractivity contribution in [2.45, 2.75) is 18.4 Å². The molecule has 0 aromatic heterocycles. The van der Waals surface area contributed by atoms with Crippen LogP contribution >= 0.6 is 0 Å². The van der Waals surface area contributed by atoms with Gasteiger partial charge in [0.15, 0.2) is 0 Å². The fourth-order valence-corrected chi connectivity index (χ4v) is 2.09. The molecule has 0 N–H and O–H groups in total. The van der Waals surface area contributed by atoms with E-state index in [1.54, 1.807) is 0 Å². The lowest BCUT2D eigenvalue weighted by atomic mass is 9.79. The van der Waals surface area contributed by atoms with Gasteiger partial charge in [0.25, 0.3) is 0 Å². The Labute approximate surface area is 94.2 Å². The Balaban J connectivity index is 2.52. The van der Waals surface area contributed by atoms with E-state index in [4.69, 9.17) is 10.3 Å². The Morgan fingerprint density at radius 1 is 1.62 bits per heavy atom. The number of hydrogen-bond donors (Lipinski definition) is 0. The number of azide groups is 1. The van der Waals surface area contributed by atoms with E-state index < -0.39 is 5.54 Å². The molecule has 0 unspecified atom stereocenters. The van der Waals surface area contributed by atoms with E-state index in [-0.39, 0.29) is 5.92 Å². The van der Waals surface area contributed by atoms with Crippen LogP contribution in [0, 0.1) is 0 Å². The molecule has 0 saturated carbocycles. The largest absolute Gasteiger partial charge is 0.493 e. The lowest BCUT2D eigenvalue weighted by Crippen LogP contribution is -2.39. The van der Waals surface area contributed by atoms with Gasteiger partial charge in [-0.2, -0.15) is 0 Å². The maximum absolute atomic E-state index is 8.61. The normalized spacial score (nSPS) is 27.2. The Kier molecular flexibility index (Phi) is 2.59. The Hall–Kier alpha value is -1.93. The average molecular weight is 215 g/mol. The summed E-state index contributed by atoms with van der Waals surface area (Å²) >= 11 is 0. The molecule has 2 atom stereocenters. The summed E-state index contributed by atoms with van der Waals surface area (Å²) in [7, 11) is 0. The number of nitrogens with zero attached hydrogens (tertiary/aromatic N) is 3. The number of para-hydroxylation sites is 1. The van der Waals surface area contributed by atoms with Crippen LogP contribution in [0.4, 0.5) is 0 Å². The van der Waals surface area contributed by atoms with E-state index in [1.165, 1.54) is 0 Å².